The number of fused-ring (bicyclic) bond motifs is 1. The number of pyridine rings is 2. The largest absolute Gasteiger partial charge is 0.480 e. The third kappa shape index (κ3) is 8.28. The van der Waals surface area contributed by atoms with Gasteiger partial charge in [-0.15, -0.1) is 0 Å². The molecule has 2 aliphatic heterocycles. The molecule has 0 unspecified atom stereocenters. The van der Waals surface area contributed by atoms with Gasteiger partial charge in [-0.3, -0.25) is 19.7 Å². The van der Waals surface area contributed by atoms with E-state index in [0.29, 0.717) is 49.2 Å². The zero-order valence-electron chi connectivity index (χ0n) is 24.7. The van der Waals surface area contributed by atoms with Crippen molar-refractivity contribution in [2.24, 2.45) is 0 Å². The van der Waals surface area contributed by atoms with Crippen molar-refractivity contribution in [1.82, 2.24) is 30.6 Å². The molecule has 1 saturated heterocycles. The zero-order chi connectivity index (χ0) is 31.1. The van der Waals surface area contributed by atoms with Crippen molar-refractivity contribution >= 4 is 29.7 Å². The van der Waals surface area contributed by atoms with Crippen LogP contribution in [0, 0.1) is 0 Å². The fourth-order valence-corrected chi connectivity index (χ4v) is 4.36. The monoisotopic (exact) mass is 606 g/mol. The van der Waals surface area contributed by atoms with Crippen LogP contribution in [0.2, 0.25) is 0 Å². The van der Waals surface area contributed by atoms with E-state index in [4.69, 9.17) is 18.9 Å². The maximum atomic E-state index is 12.5. The maximum Gasteiger partial charge on any atom is 0.415 e. The Kier molecular flexibility index (Phi) is 9.33. The molecule has 232 valence electrons. The van der Waals surface area contributed by atoms with Crippen LogP contribution in [0.4, 0.5) is 21.2 Å². The molecule has 3 aromatic heterocycles. The predicted octanol–water partition coefficient (Wildman–Crippen LogP) is 2.67. The topological polar surface area (TPSA) is 179 Å². The lowest BCUT2D eigenvalue weighted by Gasteiger charge is -2.19. The van der Waals surface area contributed by atoms with Gasteiger partial charge < -0.3 is 34.9 Å². The molecule has 0 radical (unpaired) electrons. The maximum absolute atomic E-state index is 12.5. The molecule has 44 heavy (non-hydrogen) atoms. The summed E-state index contributed by atoms with van der Waals surface area (Å²) in [6.07, 6.45) is 4.09. The van der Waals surface area contributed by atoms with Gasteiger partial charge in [-0.25, -0.2) is 19.6 Å². The molecule has 5 rings (SSSR count). The summed E-state index contributed by atoms with van der Waals surface area (Å²) in [5.74, 6) is 1.15. The van der Waals surface area contributed by atoms with Crippen molar-refractivity contribution in [1.29, 1.82) is 0 Å². The van der Waals surface area contributed by atoms with E-state index in [9.17, 15) is 14.4 Å². The molecule has 3 N–H and O–H groups in total. The Bertz CT molecular complexity index is 1510. The molecule has 1 atom stereocenters. The Morgan fingerprint density at radius 1 is 1.16 bits per heavy atom. The number of nitrogens with one attached hydrogen (secondary N) is 3. The quantitative estimate of drug-likeness (QED) is 0.272. The molecule has 0 saturated carbocycles. The van der Waals surface area contributed by atoms with Gasteiger partial charge in [-0.05, 0) is 58.0 Å². The van der Waals surface area contributed by atoms with Crippen LogP contribution in [0.25, 0.3) is 11.3 Å². The van der Waals surface area contributed by atoms with E-state index >= 15 is 0 Å². The number of carbonyl (C=O) groups is 3. The Labute approximate surface area is 253 Å². The molecule has 5 heterocycles. The molecule has 15 nitrogen and oxygen atoms in total. The number of nitrogens with zero attached hydrogens (tertiary/aromatic N) is 5. The van der Waals surface area contributed by atoms with Crippen LogP contribution < -0.4 is 30.3 Å². The summed E-state index contributed by atoms with van der Waals surface area (Å²) in [5, 5.41) is 8.61. The first-order chi connectivity index (χ1) is 21.1. The van der Waals surface area contributed by atoms with Crippen molar-refractivity contribution in [3.05, 3.63) is 48.5 Å². The standard InChI is InChI=1S/C29H34N8O7/c1-29(2,3)44-27(39)33-10-11-41-25-15-31-14-21(34-25)18-6-9-32-19(12-18)13-30-8-7-20-16-37(28(40)43-20)23-5-4-22-26(35-23)36-24(38)17-42-22/h4-6,9,12,14-15,20,30H,7-8,10-11,13,16-17H2,1-3H3,(H,33,39)(H,35,36,38)/t20-/m0/s1. The number of ether oxygens (including phenoxy) is 4. The molecular formula is C29H34N8O7. The van der Waals surface area contributed by atoms with Crippen molar-refractivity contribution in [2.75, 3.05) is 43.1 Å². The molecule has 0 spiro atoms. The smallest absolute Gasteiger partial charge is 0.415 e. The van der Waals surface area contributed by atoms with Gasteiger partial charge in [-0.1, -0.05) is 0 Å². The summed E-state index contributed by atoms with van der Waals surface area (Å²) in [4.78, 5) is 54.8. The molecule has 3 aromatic rings. The zero-order valence-corrected chi connectivity index (χ0v) is 24.7. The Balaban J connectivity index is 1.06. The number of amides is 3. The Hall–Kier alpha value is -5.05. The Morgan fingerprint density at radius 2 is 2.02 bits per heavy atom. The van der Waals surface area contributed by atoms with E-state index < -0.39 is 17.8 Å². The number of cyclic esters (lactones) is 1. The lowest BCUT2D eigenvalue weighted by Crippen LogP contribution is -2.34. The van der Waals surface area contributed by atoms with Crippen LogP contribution in [0.1, 0.15) is 32.9 Å². The SMILES string of the molecule is CC(C)(C)OC(=O)NCCOc1cncc(-c2ccnc(CNCC[C@H]3CN(c4ccc5c(n4)NC(=O)CO5)C(=O)O3)c2)n1. The summed E-state index contributed by atoms with van der Waals surface area (Å²) in [5.41, 5.74) is 1.66. The molecule has 15 heteroatoms. The van der Waals surface area contributed by atoms with Crippen LogP contribution in [0.5, 0.6) is 11.6 Å². The van der Waals surface area contributed by atoms with Crippen molar-refractivity contribution in [2.45, 2.75) is 45.4 Å². The molecule has 0 aromatic carbocycles. The summed E-state index contributed by atoms with van der Waals surface area (Å²) >= 11 is 0. The number of alkyl carbamates (subject to hydrolysis) is 1. The van der Waals surface area contributed by atoms with Crippen LogP contribution >= 0.6 is 0 Å². The van der Waals surface area contributed by atoms with E-state index in [1.165, 1.54) is 11.1 Å². The highest BCUT2D eigenvalue weighted by atomic mass is 16.6. The van der Waals surface area contributed by atoms with Gasteiger partial charge in [0.25, 0.3) is 5.91 Å². The van der Waals surface area contributed by atoms with Crippen molar-refractivity contribution < 1.29 is 33.3 Å². The van der Waals surface area contributed by atoms with Crippen LogP contribution in [-0.2, 0) is 20.8 Å². The minimum Gasteiger partial charge on any atom is -0.480 e. The molecule has 2 aliphatic rings. The molecule has 1 fully saturated rings. The van der Waals surface area contributed by atoms with Crippen molar-refractivity contribution in [3.8, 4) is 22.9 Å². The number of hydrogen-bond donors (Lipinski definition) is 3. The van der Waals surface area contributed by atoms with Gasteiger partial charge in [-0.2, -0.15) is 0 Å². The van der Waals surface area contributed by atoms with Gasteiger partial charge >= 0.3 is 12.2 Å². The van der Waals surface area contributed by atoms with E-state index in [1.54, 1.807) is 45.3 Å². The fraction of sp³-hybridized carbons (Fsp3) is 0.414. The lowest BCUT2D eigenvalue weighted by molar-refractivity contribution is -0.118. The van der Waals surface area contributed by atoms with Gasteiger partial charge in [0.2, 0.25) is 5.88 Å². The lowest BCUT2D eigenvalue weighted by atomic mass is 10.1. The number of aromatic nitrogens is 4. The van der Waals surface area contributed by atoms with Crippen LogP contribution in [0.15, 0.2) is 42.9 Å². The first-order valence-electron chi connectivity index (χ1n) is 14.1. The molecule has 0 bridgehead atoms. The second-order valence-corrected chi connectivity index (χ2v) is 11.0. The minimum atomic E-state index is -0.573. The first kappa shape index (κ1) is 30.4. The second-order valence-electron chi connectivity index (χ2n) is 11.0. The Morgan fingerprint density at radius 3 is 2.86 bits per heavy atom. The number of rotatable bonds is 11. The number of carbonyl (C=O) groups excluding carboxylic acids is 3. The molecule has 3 amide bonds. The average Bonchev–Trinajstić information content (AvgIpc) is 3.36. The van der Waals surface area contributed by atoms with Gasteiger partial charge in [0.15, 0.2) is 18.2 Å². The predicted molar refractivity (Wildman–Crippen MR) is 157 cm³/mol. The van der Waals surface area contributed by atoms with Crippen LogP contribution in [-0.4, -0.2) is 82.6 Å². The summed E-state index contributed by atoms with van der Waals surface area (Å²) in [6, 6.07) is 7.07. The van der Waals surface area contributed by atoms with Gasteiger partial charge in [0, 0.05) is 18.3 Å². The van der Waals surface area contributed by atoms with E-state index in [-0.39, 0.29) is 37.6 Å². The summed E-state index contributed by atoms with van der Waals surface area (Å²) in [6.45, 7) is 7.18. The summed E-state index contributed by atoms with van der Waals surface area (Å²) < 4.78 is 21.7. The van der Waals surface area contributed by atoms with E-state index in [2.05, 4.69) is 35.9 Å². The second kappa shape index (κ2) is 13.5. The van der Waals surface area contributed by atoms with E-state index in [1.807, 2.05) is 12.1 Å². The van der Waals surface area contributed by atoms with Gasteiger partial charge in [0.05, 0.1) is 36.9 Å². The average molecular weight is 607 g/mol. The summed E-state index contributed by atoms with van der Waals surface area (Å²) in [7, 11) is 0. The third-order valence-corrected chi connectivity index (χ3v) is 6.30. The minimum absolute atomic E-state index is 0.0665. The van der Waals surface area contributed by atoms with E-state index in [0.717, 1.165) is 11.3 Å². The highest BCUT2D eigenvalue weighted by molar-refractivity contribution is 5.95. The number of hydrogen-bond acceptors (Lipinski definition) is 12. The fourth-order valence-electron chi connectivity index (χ4n) is 4.36. The normalized spacial score (nSPS) is 16.0. The first-order valence-corrected chi connectivity index (χ1v) is 14.1. The highest BCUT2D eigenvalue weighted by Gasteiger charge is 2.33. The van der Waals surface area contributed by atoms with Crippen molar-refractivity contribution in [3.63, 3.8) is 0 Å². The third-order valence-electron chi connectivity index (χ3n) is 6.30. The molecular weight excluding hydrogens is 572 g/mol. The number of anilines is 2. The van der Waals surface area contributed by atoms with Gasteiger partial charge in [0.1, 0.15) is 24.1 Å². The highest BCUT2D eigenvalue weighted by Crippen LogP contribution is 2.30. The molecule has 0 aliphatic carbocycles. The van der Waals surface area contributed by atoms with Crippen LogP contribution in [0.3, 0.4) is 0 Å².